The number of methoxy groups -OCH3 is 1. The van der Waals surface area contributed by atoms with Crippen LogP contribution in [0.5, 0.6) is 5.75 Å². The maximum Gasteiger partial charge on any atom is 0.165 e. The third kappa shape index (κ3) is 4.42. The van der Waals surface area contributed by atoms with Gasteiger partial charge < -0.3 is 15.4 Å². The molecular weight excluding hydrogens is 267 g/mol. The Morgan fingerprint density at radius 1 is 1.24 bits per heavy atom. The summed E-state index contributed by atoms with van der Waals surface area (Å²) in [5, 5.41) is 7.23. The minimum atomic E-state index is -0.303. The zero-order chi connectivity index (χ0) is 15.7. The zero-order valence-electron chi connectivity index (χ0n) is 13.7. The molecular formula is C17H27FN2O. The summed E-state index contributed by atoms with van der Waals surface area (Å²) in [5.41, 5.74) is 1.18. The Balaban J connectivity index is 1.98. The highest BCUT2D eigenvalue weighted by molar-refractivity contribution is 5.29. The number of benzene rings is 1. The van der Waals surface area contributed by atoms with Crippen LogP contribution >= 0.6 is 0 Å². The molecule has 0 saturated carbocycles. The normalized spacial score (nSPS) is 21.2. The molecule has 0 amide bonds. The number of hydrogen-bond acceptors (Lipinski definition) is 3. The number of rotatable bonds is 4. The standard InChI is InChI=1S/C17H27FN2O/c1-16(2)9-13(10-17(3,4)20-16)19-11-12-6-7-15(21-5)14(18)8-12/h6-8,13,19-20H,9-11H2,1-5H3. The second kappa shape index (κ2) is 5.93. The maximum absolute atomic E-state index is 13.7. The van der Waals surface area contributed by atoms with Crippen LogP contribution in [0.25, 0.3) is 0 Å². The third-order valence-electron chi connectivity index (χ3n) is 4.00. The fourth-order valence-corrected chi connectivity index (χ4v) is 3.55. The highest BCUT2D eigenvalue weighted by Crippen LogP contribution is 2.28. The van der Waals surface area contributed by atoms with Gasteiger partial charge in [-0.05, 0) is 58.2 Å². The van der Waals surface area contributed by atoms with E-state index in [2.05, 4.69) is 38.3 Å². The molecule has 0 bridgehead atoms. The highest BCUT2D eigenvalue weighted by Gasteiger charge is 2.37. The van der Waals surface area contributed by atoms with Gasteiger partial charge in [-0.3, -0.25) is 0 Å². The van der Waals surface area contributed by atoms with Crippen LogP contribution in [0, 0.1) is 5.82 Å². The van der Waals surface area contributed by atoms with Crippen molar-refractivity contribution in [3.05, 3.63) is 29.6 Å². The topological polar surface area (TPSA) is 33.3 Å². The van der Waals surface area contributed by atoms with E-state index < -0.39 is 0 Å². The molecule has 0 unspecified atom stereocenters. The summed E-state index contributed by atoms with van der Waals surface area (Å²) in [6, 6.07) is 5.57. The summed E-state index contributed by atoms with van der Waals surface area (Å²) in [6.07, 6.45) is 2.13. The van der Waals surface area contributed by atoms with Crippen molar-refractivity contribution in [2.45, 2.75) is 64.2 Å². The van der Waals surface area contributed by atoms with E-state index in [1.807, 2.05) is 6.07 Å². The van der Waals surface area contributed by atoms with E-state index in [1.165, 1.54) is 7.11 Å². The first-order valence-electron chi connectivity index (χ1n) is 7.56. The fraction of sp³-hybridized carbons (Fsp3) is 0.647. The van der Waals surface area contributed by atoms with E-state index in [1.54, 1.807) is 12.1 Å². The van der Waals surface area contributed by atoms with E-state index in [0.29, 0.717) is 18.3 Å². The summed E-state index contributed by atoms with van der Waals surface area (Å²) in [6.45, 7) is 9.61. The van der Waals surface area contributed by atoms with Gasteiger partial charge in [0.2, 0.25) is 0 Å². The molecule has 1 saturated heterocycles. The first kappa shape index (κ1) is 16.2. The number of hydrogen-bond donors (Lipinski definition) is 2. The Morgan fingerprint density at radius 2 is 1.86 bits per heavy atom. The largest absolute Gasteiger partial charge is 0.494 e. The monoisotopic (exact) mass is 294 g/mol. The minimum absolute atomic E-state index is 0.116. The lowest BCUT2D eigenvalue weighted by Crippen LogP contribution is -2.61. The Hall–Kier alpha value is -1.13. The van der Waals surface area contributed by atoms with E-state index >= 15 is 0 Å². The van der Waals surface area contributed by atoms with Crippen LogP contribution < -0.4 is 15.4 Å². The lowest BCUT2D eigenvalue weighted by Gasteiger charge is -2.46. The van der Waals surface area contributed by atoms with E-state index in [9.17, 15) is 4.39 Å². The molecule has 2 N–H and O–H groups in total. The molecule has 0 spiro atoms. The average molecular weight is 294 g/mol. The SMILES string of the molecule is COc1ccc(CNC2CC(C)(C)NC(C)(C)C2)cc1F. The molecule has 1 heterocycles. The summed E-state index contributed by atoms with van der Waals surface area (Å²) in [4.78, 5) is 0. The van der Waals surface area contributed by atoms with Gasteiger partial charge in [0.1, 0.15) is 0 Å². The fourth-order valence-electron chi connectivity index (χ4n) is 3.55. The molecule has 2 rings (SSSR count). The molecule has 118 valence electrons. The van der Waals surface area contributed by atoms with Crippen LogP contribution in [0.2, 0.25) is 0 Å². The van der Waals surface area contributed by atoms with Crippen molar-refractivity contribution in [1.82, 2.24) is 10.6 Å². The molecule has 1 aliphatic heterocycles. The first-order valence-corrected chi connectivity index (χ1v) is 7.56. The van der Waals surface area contributed by atoms with Crippen molar-refractivity contribution in [3.8, 4) is 5.75 Å². The average Bonchev–Trinajstić information content (AvgIpc) is 2.33. The van der Waals surface area contributed by atoms with Gasteiger partial charge in [-0.15, -0.1) is 0 Å². The van der Waals surface area contributed by atoms with Crippen molar-refractivity contribution in [2.75, 3.05) is 7.11 Å². The predicted molar refractivity (Wildman–Crippen MR) is 84.1 cm³/mol. The maximum atomic E-state index is 13.7. The Labute approximate surface area is 127 Å². The summed E-state index contributed by atoms with van der Waals surface area (Å²) >= 11 is 0. The summed E-state index contributed by atoms with van der Waals surface area (Å²) in [5.74, 6) is -0.00865. The minimum Gasteiger partial charge on any atom is -0.494 e. The van der Waals surface area contributed by atoms with Crippen molar-refractivity contribution < 1.29 is 9.13 Å². The van der Waals surface area contributed by atoms with Crippen molar-refractivity contribution in [2.24, 2.45) is 0 Å². The smallest absolute Gasteiger partial charge is 0.165 e. The Bertz CT molecular complexity index is 484. The van der Waals surface area contributed by atoms with Gasteiger partial charge >= 0.3 is 0 Å². The molecule has 21 heavy (non-hydrogen) atoms. The molecule has 1 fully saturated rings. The van der Waals surface area contributed by atoms with Crippen LogP contribution in [0.15, 0.2) is 18.2 Å². The molecule has 1 aliphatic rings. The van der Waals surface area contributed by atoms with Crippen molar-refractivity contribution in [3.63, 3.8) is 0 Å². The van der Waals surface area contributed by atoms with Gasteiger partial charge in [-0.2, -0.15) is 0 Å². The van der Waals surface area contributed by atoms with E-state index in [0.717, 1.165) is 18.4 Å². The van der Waals surface area contributed by atoms with Gasteiger partial charge in [0.15, 0.2) is 11.6 Å². The first-order chi connectivity index (χ1) is 9.71. The number of nitrogens with one attached hydrogen (secondary N) is 2. The van der Waals surface area contributed by atoms with E-state index in [4.69, 9.17) is 4.74 Å². The van der Waals surface area contributed by atoms with Crippen LogP contribution in [-0.4, -0.2) is 24.2 Å². The van der Waals surface area contributed by atoms with Gasteiger partial charge in [0.25, 0.3) is 0 Å². The molecule has 0 aliphatic carbocycles. The second-order valence-electron chi connectivity index (χ2n) is 7.35. The van der Waals surface area contributed by atoms with Crippen molar-refractivity contribution >= 4 is 0 Å². The van der Waals surface area contributed by atoms with Gasteiger partial charge in [0, 0.05) is 23.7 Å². The number of piperidine rings is 1. The predicted octanol–water partition coefficient (Wildman–Crippen LogP) is 3.23. The summed E-state index contributed by atoms with van der Waals surface area (Å²) < 4.78 is 18.6. The number of ether oxygens (including phenoxy) is 1. The number of halogens is 1. The lowest BCUT2D eigenvalue weighted by molar-refractivity contribution is 0.145. The quantitative estimate of drug-likeness (QED) is 0.894. The van der Waals surface area contributed by atoms with Gasteiger partial charge in [-0.1, -0.05) is 6.07 Å². The summed E-state index contributed by atoms with van der Waals surface area (Å²) in [7, 11) is 1.48. The van der Waals surface area contributed by atoms with Crippen LogP contribution in [0.4, 0.5) is 4.39 Å². The van der Waals surface area contributed by atoms with Gasteiger partial charge in [0.05, 0.1) is 7.11 Å². The molecule has 0 radical (unpaired) electrons. The van der Waals surface area contributed by atoms with Crippen LogP contribution in [-0.2, 0) is 6.54 Å². The molecule has 4 heteroatoms. The molecule has 1 aromatic rings. The molecule has 0 atom stereocenters. The van der Waals surface area contributed by atoms with Gasteiger partial charge in [-0.25, -0.2) is 4.39 Å². The highest BCUT2D eigenvalue weighted by atomic mass is 19.1. The molecule has 1 aromatic carbocycles. The Kier molecular flexibility index (Phi) is 4.59. The van der Waals surface area contributed by atoms with E-state index in [-0.39, 0.29) is 16.9 Å². The molecule has 0 aromatic heterocycles. The van der Waals surface area contributed by atoms with Crippen LogP contribution in [0.3, 0.4) is 0 Å². The molecule has 3 nitrogen and oxygen atoms in total. The lowest BCUT2D eigenvalue weighted by atomic mass is 9.79. The van der Waals surface area contributed by atoms with Crippen LogP contribution in [0.1, 0.15) is 46.1 Å². The third-order valence-corrected chi connectivity index (χ3v) is 4.00. The van der Waals surface area contributed by atoms with Crippen molar-refractivity contribution in [1.29, 1.82) is 0 Å². The second-order valence-corrected chi connectivity index (χ2v) is 7.35. The Morgan fingerprint density at radius 3 is 2.38 bits per heavy atom. The zero-order valence-corrected chi connectivity index (χ0v) is 13.7.